The summed E-state index contributed by atoms with van der Waals surface area (Å²) in [5, 5.41) is 2.63. The van der Waals surface area contributed by atoms with Crippen LogP contribution in [0.15, 0.2) is 18.2 Å². The molecule has 2 rings (SSSR count). The number of alkyl halides is 3. The van der Waals surface area contributed by atoms with Gasteiger partial charge >= 0.3 is 6.18 Å². The Morgan fingerprint density at radius 2 is 1.86 bits per heavy atom. The third-order valence-corrected chi connectivity index (χ3v) is 3.97. The van der Waals surface area contributed by atoms with E-state index in [9.17, 15) is 18.0 Å². The molecule has 1 aromatic rings. The van der Waals surface area contributed by atoms with Gasteiger partial charge in [-0.2, -0.15) is 13.2 Å². The van der Waals surface area contributed by atoms with Gasteiger partial charge in [0.25, 0.3) is 0 Å². The van der Waals surface area contributed by atoms with Crippen LogP contribution in [0.25, 0.3) is 0 Å². The minimum absolute atomic E-state index is 0.129. The van der Waals surface area contributed by atoms with Crippen molar-refractivity contribution in [3.05, 3.63) is 29.3 Å². The van der Waals surface area contributed by atoms with Gasteiger partial charge in [0.05, 0.1) is 5.56 Å². The molecule has 1 aliphatic rings. The quantitative estimate of drug-likeness (QED) is 0.878. The summed E-state index contributed by atoms with van der Waals surface area (Å²) < 4.78 is 38.1. The van der Waals surface area contributed by atoms with Gasteiger partial charge in [0.2, 0.25) is 5.91 Å². The average molecular weight is 300 g/mol. The number of carbonyl (C=O) groups excluding carboxylic acids is 1. The molecule has 0 aromatic heterocycles. The van der Waals surface area contributed by atoms with Gasteiger partial charge in [-0.3, -0.25) is 4.79 Å². The van der Waals surface area contributed by atoms with E-state index in [2.05, 4.69) is 5.32 Å². The Kier molecular flexibility index (Phi) is 4.56. The van der Waals surface area contributed by atoms with Crippen LogP contribution in [-0.2, 0) is 11.0 Å². The molecule has 0 radical (unpaired) electrons. The van der Waals surface area contributed by atoms with E-state index in [1.54, 1.807) is 6.92 Å². The molecule has 0 atom stereocenters. The highest BCUT2D eigenvalue weighted by Gasteiger charge is 2.31. The van der Waals surface area contributed by atoms with Crippen LogP contribution < -0.4 is 11.1 Å². The predicted octanol–water partition coefficient (Wildman–Crippen LogP) is 3.47. The number of amides is 1. The Morgan fingerprint density at radius 1 is 1.24 bits per heavy atom. The summed E-state index contributed by atoms with van der Waals surface area (Å²) in [5.41, 5.74) is 5.87. The lowest BCUT2D eigenvalue weighted by Gasteiger charge is -2.25. The normalized spacial score (nSPS) is 22.9. The largest absolute Gasteiger partial charge is 0.416 e. The van der Waals surface area contributed by atoms with Crippen LogP contribution in [0, 0.1) is 12.8 Å². The summed E-state index contributed by atoms with van der Waals surface area (Å²) in [6.45, 7) is 1.67. The van der Waals surface area contributed by atoms with Crippen molar-refractivity contribution in [1.82, 2.24) is 0 Å². The first-order chi connectivity index (χ1) is 9.77. The molecule has 3 nitrogen and oxygen atoms in total. The van der Waals surface area contributed by atoms with Crippen LogP contribution in [0.2, 0.25) is 0 Å². The molecule has 1 saturated carbocycles. The molecule has 3 N–H and O–H groups in total. The highest BCUT2D eigenvalue weighted by molar-refractivity contribution is 5.93. The smallest absolute Gasteiger partial charge is 0.328 e. The summed E-state index contributed by atoms with van der Waals surface area (Å²) in [6.07, 6.45) is -1.49. The number of anilines is 1. The lowest BCUT2D eigenvalue weighted by Crippen LogP contribution is -2.32. The second-order valence-electron chi connectivity index (χ2n) is 5.63. The van der Waals surface area contributed by atoms with Gasteiger partial charge in [0.15, 0.2) is 0 Å². The second kappa shape index (κ2) is 6.05. The molecule has 1 aromatic carbocycles. The Bertz CT molecular complexity index is 520. The van der Waals surface area contributed by atoms with Crippen LogP contribution in [0.3, 0.4) is 0 Å². The van der Waals surface area contributed by atoms with Gasteiger partial charge < -0.3 is 11.1 Å². The summed E-state index contributed by atoms with van der Waals surface area (Å²) in [5.74, 6) is -0.386. The van der Waals surface area contributed by atoms with Crippen LogP contribution in [0.1, 0.15) is 36.8 Å². The number of carbonyl (C=O) groups is 1. The molecule has 0 heterocycles. The molecule has 0 spiro atoms. The van der Waals surface area contributed by atoms with Gasteiger partial charge in [0, 0.05) is 17.6 Å². The zero-order valence-corrected chi connectivity index (χ0v) is 11.8. The van der Waals surface area contributed by atoms with Gasteiger partial charge in [-0.25, -0.2) is 0 Å². The first kappa shape index (κ1) is 15.8. The number of rotatable bonds is 2. The number of nitrogens with two attached hydrogens (primary N) is 1. The van der Waals surface area contributed by atoms with E-state index in [1.807, 2.05) is 0 Å². The highest BCUT2D eigenvalue weighted by Crippen LogP contribution is 2.32. The topological polar surface area (TPSA) is 55.1 Å². The Hall–Kier alpha value is -1.56. The molecule has 0 saturated heterocycles. The van der Waals surface area contributed by atoms with Crippen LogP contribution in [0.4, 0.5) is 18.9 Å². The molecule has 0 aliphatic heterocycles. The third kappa shape index (κ3) is 3.97. The number of aryl methyl sites for hydroxylation is 1. The van der Waals surface area contributed by atoms with E-state index in [1.165, 1.54) is 6.07 Å². The molecule has 21 heavy (non-hydrogen) atoms. The maximum absolute atomic E-state index is 12.7. The van der Waals surface area contributed by atoms with Crippen molar-refractivity contribution in [2.75, 3.05) is 5.32 Å². The summed E-state index contributed by atoms with van der Waals surface area (Å²) in [6, 6.07) is 3.51. The molecular formula is C15H19F3N2O. The number of benzene rings is 1. The molecule has 1 amide bonds. The fourth-order valence-corrected chi connectivity index (χ4v) is 2.55. The molecule has 1 fully saturated rings. The Balaban J connectivity index is 2.10. The molecule has 116 valence electrons. The SMILES string of the molecule is Cc1ccc(C(F)(F)F)cc1NC(=O)C1CCC(N)CC1. The number of halogens is 3. The number of nitrogens with one attached hydrogen (secondary N) is 1. The van der Waals surface area contributed by atoms with Crippen molar-refractivity contribution >= 4 is 11.6 Å². The van der Waals surface area contributed by atoms with E-state index >= 15 is 0 Å². The van der Waals surface area contributed by atoms with Crippen molar-refractivity contribution < 1.29 is 18.0 Å². The summed E-state index contributed by atoms with van der Waals surface area (Å²) >= 11 is 0. The van der Waals surface area contributed by atoms with E-state index in [-0.39, 0.29) is 23.6 Å². The minimum atomic E-state index is -4.41. The second-order valence-corrected chi connectivity index (χ2v) is 5.63. The van der Waals surface area contributed by atoms with Crippen LogP contribution >= 0.6 is 0 Å². The van der Waals surface area contributed by atoms with Crippen molar-refractivity contribution in [2.24, 2.45) is 11.7 Å². The standard InChI is InChI=1S/C15H19F3N2O/c1-9-2-5-11(15(16,17)18)8-13(9)20-14(21)10-3-6-12(19)7-4-10/h2,5,8,10,12H,3-4,6-7,19H2,1H3,(H,20,21). The first-order valence-electron chi connectivity index (χ1n) is 7.01. The van der Waals surface area contributed by atoms with Crippen LogP contribution in [0.5, 0.6) is 0 Å². The van der Waals surface area contributed by atoms with E-state index in [4.69, 9.17) is 5.73 Å². The van der Waals surface area contributed by atoms with Crippen molar-refractivity contribution in [3.8, 4) is 0 Å². The summed E-state index contributed by atoms with van der Waals surface area (Å²) in [4.78, 5) is 12.2. The monoisotopic (exact) mass is 300 g/mol. The molecule has 0 unspecified atom stereocenters. The fourth-order valence-electron chi connectivity index (χ4n) is 2.55. The van der Waals surface area contributed by atoms with Gasteiger partial charge in [-0.1, -0.05) is 6.07 Å². The van der Waals surface area contributed by atoms with Crippen molar-refractivity contribution in [1.29, 1.82) is 0 Å². The Morgan fingerprint density at radius 3 is 2.43 bits per heavy atom. The maximum atomic E-state index is 12.7. The average Bonchev–Trinajstić information content (AvgIpc) is 2.40. The lowest BCUT2D eigenvalue weighted by molar-refractivity contribution is -0.137. The van der Waals surface area contributed by atoms with E-state index < -0.39 is 11.7 Å². The predicted molar refractivity (Wildman–Crippen MR) is 74.7 cm³/mol. The zero-order valence-electron chi connectivity index (χ0n) is 11.8. The summed E-state index contributed by atoms with van der Waals surface area (Å²) in [7, 11) is 0. The number of hydrogen-bond acceptors (Lipinski definition) is 2. The zero-order chi connectivity index (χ0) is 15.6. The highest BCUT2D eigenvalue weighted by atomic mass is 19.4. The van der Waals surface area contributed by atoms with E-state index in [0.29, 0.717) is 18.4 Å². The molecule has 0 bridgehead atoms. The van der Waals surface area contributed by atoms with E-state index in [0.717, 1.165) is 25.0 Å². The van der Waals surface area contributed by atoms with Gasteiger partial charge in [-0.15, -0.1) is 0 Å². The van der Waals surface area contributed by atoms with Crippen LogP contribution in [-0.4, -0.2) is 11.9 Å². The lowest BCUT2D eigenvalue weighted by atomic mass is 9.86. The first-order valence-corrected chi connectivity index (χ1v) is 7.01. The maximum Gasteiger partial charge on any atom is 0.416 e. The molecular weight excluding hydrogens is 281 g/mol. The minimum Gasteiger partial charge on any atom is -0.328 e. The molecule has 6 heteroatoms. The van der Waals surface area contributed by atoms with Crippen molar-refractivity contribution in [2.45, 2.75) is 44.8 Å². The van der Waals surface area contributed by atoms with Crippen molar-refractivity contribution in [3.63, 3.8) is 0 Å². The molecule has 1 aliphatic carbocycles. The third-order valence-electron chi connectivity index (χ3n) is 3.97. The van der Waals surface area contributed by atoms with Gasteiger partial charge in [0.1, 0.15) is 0 Å². The number of hydrogen-bond donors (Lipinski definition) is 2. The van der Waals surface area contributed by atoms with Gasteiger partial charge in [-0.05, 0) is 50.3 Å². The fraction of sp³-hybridized carbons (Fsp3) is 0.533. The Labute approximate surface area is 121 Å².